The van der Waals surface area contributed by atoms with Crippen molar-refractivity contribution in [3.8, 4) is 17.2 Å². The van der Waals surface area contributed by atoms with Crippen molar-refractivity contribution in [1.82, 2.24) is 9.99 Å². The molecule has 1 aromatic heterocycles. The molecule has 0 aliphatic carbocycles. The maximum absolute atomic E-state index is 12.4. The standard InChI is InChI=1S/C29H28N4O4/c1-20-8-9-21(2)33(20)24-14-12-23(13-15-24)29(35)32-30-18-22-10-16-25(17-11-22)37-19-28(34)31-26-6-4-5-7-27(26)36-3/h4-18H,19H2,1-3H3,(H,31,34)(H,32,35)/b30-18-. The molecule has 4 aromatic rings. The van der Waals surface area contributed by atoms with Crippen LogP contribution in [0.4, 0.5) is 5.69 Å². The van der Waals surface area contributed by atoms with Crippen molar-refractivity contribution in [2.24, 2.45) is 5.10 Å². The predicted molar refractivity (Wildman–Crippen MR) is 144 cm³/mol. The third-order valence-corrected chi connectivity index (χ3v) is 5.67. The molecule has 0 spiro atoms. The summed E-state index contributed by atoms with van der Waals surface area (Å²) in [5, 5.41) is 6.80. The molecule has 4 rings (SSSR count). The quantitative estimate of drug-likeness (QED) is 0.255. The minimum atomic E-state index is -0.301. The SMILES string of the molecule is COc1ccccc1NC(=O)COc1ccc(/C=N\NC(=O)c2ccc(-n3c(C)ccc3C)cc2)cc1. The van der Waals surface area contributed by atoms with E-state index in [-0.39, 0.29) is 18.4 Å². The van der Waals surface area contributed by atoms with Crippen molar-refractivity contribution >= 4 is 23.7 Å². The van der Waals surface area contributed by atoms with Crippen LogP contribution in [0, 0.1) is 13.8 Å². The van der Waals surface area contributed by atoms with Crippen LogP contribution in [0.15, 0.2) is 90.0 Å². The molecule has 2 amide bonds. The zero-order chi connectivity index (χ0) is 26.2. The van der Waals surface area contributed by atoms with E-state index >= 15 is 0 Å². The molecular formula is C29H28N4O4. The average Bonchev–Trinajstić information content (AvgIpc) is 3.26. The number of hydrogen-bond acceptors (Lipinski definition) is 5. The fourth-order valence-corrected chi connectivity index (χ4v) is 3.80. The second-order valence-electron chi connectivity index (χ2n) is 8.30. The number of carbonyl (C=O) groups excluding carboxylic acids is 2. The minimum absolute atomic E-state index is 0.149. The first-order valence-corrected chi connectivity index (χ1v) is 11.7. The Labute approximate surface area is 215 Å². The Morgan fingerprint density at radius 3 is 2.24 bits per heavy atom. The van der Waals surface area contributed by atoms with Crippen LogP contribution in [0.5, 0.6) is 11.5 Å². The number of nitrogens with one attached hydrogen (secondary N) is 2. The van der Waals surface area contributed by atoms with Gasteiger partial charge in [0.2, 0.25) is 0 Å². The van der Waals surface area contributed by atoms with Gasteiger partial charge >= 0.3 is 0 Å². The van der Waals surface area contributed by atoms with Gasteiger partial charge in [0, 0.05) is 22.6 Å². The highest BCUT2D eigenvalue weighted by molar-refractivity contribution is 5.95. The van der Waals surface area contributed by atoms with Crippen molar-refractivity contribution in [3.63, 3.8) is 0 Å². The minimum Gasteiger partial charge on any atom is -0.495 e. The maximum Gasteiger partial charge on any atom is 0.271 e. The van der Waals surface area contributed by atoms with E-state index < -0.39 is 0 Å². The van der Waals surface area contributed by atoms with Crippen molar-refractivity contribution in [1.29, 1.82) is 0 Å². The van der Waals surface area contributed by atoms with E-state index in [1.54, 1.807) is 55.6 Å². The molecule has 0 unspecified atom stereocenters. The number of ether oxygens (including phenoxy) is 2. The summed E-state index contributed by atoms with van der Waals surface area (Å²) in [7, 11) is 1.54. The van der Waals surface area contributed by atoms with Crippen LogP contribution >= 0.6 is 0 Å². The van der Waals surface area contributed by atoms with Crippen molar-refractivity contribution in [2.75, 3.05) is 19.0 Å². The fraction of sp³-hybridized carbons (Fsp3) is 0.138. The number of hydrazone groups is 1. The smallest absolute Gasteiger partial charge is 0.271 e. The van der Waals surface area contributed by atoms with Gasteiger partial charge in [-0.05, 0) is 92.2 Å². The van der Waals surface area contributed by atoms with E-state index in [1.165, 1.54) is 6.21 Å². The van der Waals surface area contributed by atoms with Crippen LogP contribution < -0.4 is 20.2 Å². The summed E-state index contributed by atoms with van der Waals surface area (Å²) >= 11 is 0. The van der Waals surface area contributed by atoms with Crippen LogP contribution in [0.25, 0.3) is 5.69 Å². The molecule has 2 N–H and O–H groups in total. The maximum atomic E-state index is 12.4. The Morgan fingerprint density at radius 2 is 1.57 bits per heavy atom. The van der Waals surface area contributed by atoms with Gasteiger partial charge in [-0.25, -0.2) is 5.43 Å². The molecule has 1 heterocycles. The highest BCUT2D eigenvalue weighted by atomic mass is 16.5. The van der Waals surface area contributed by atoms with E-state index in [0.717, 1.165) is 22.6 Å². The first-order chi connectivity index (χ1) is 17.9. The van der Waals surface area contributed by atoms with Gasteiger partial charge in [-0.3, -0.25) is 9.59 Å². The summed E-state index contributed by atoms with van der Waals surface area (Å²) in [5.74, 6) is 0.504. The van der Waals surface area contributed by atoms with Crippen molar-refractivity contribution in [2.45, 2.75) is 13.8 Å². The summed E-state index contributed by atoms with van der Waals surface area (Å²) in [4.78, 5) is 24.6. The number of nitrogens with zero attached hydrogens (tertiary/aromatic N) is 2. The van der Waals surface area contributed by atoms with Crippen LogP contribution in [-0.4, -0.2) is 36.3 Å². The average molecular weight is 497 g/mol. The molecule has 37 heavy (non-hydrogen) atoms. The number of rotatable bonds is 9. The van der Waals surface area contributed by atoms with Gasteiger partial charge in [0.1, 0.15) is 11.5 Å². The molecule has 0 aliphatic heterocycles. The largest absolute Gasteiger partial charge is 0.495 e. The summed E-state index contributed by atoms with van der Waals surface area (Å²) in [6.45, 7) is 3.94. The lowest BCUT2D eigenvalue weighted by Gasteiger charge is -2.10. The molecule has 0 radical (unpaired) electrons. The number of aromatic nitrogens is 1. The van der Waals surface area contributed by atoms with Crippen LogP contribution in [0.2, 0.25) is 0 Å². The lowest BCUT2D eigenvalue weighted by atomic mass is 10.2. The molecule has 8 nitrogen and oxygen atoms in total. The topological polar surface area (TPSA) is 94.0 Å². The zero-order valence-electron chi connectivity index (χ0n) is 20.9. The normalized spacial score (nSPS) is 10.8. The number of amides is 2. The molecule has 0 fully saturated rings. The van der Waals surface area contributed by atoms with E-state index in [2.05, 4.69) is 32.5 Å². The van der Waals surface area contributed by atoms with Crippen LogP contribution in [0.3, 0.4) is 0 Å². The molecule has 0 aliphatic rings. The van der Waals surface area contributed by atoms with E-state index in [0.29, 0.717) is 22.7 Å². The fourth-order valence-electron chi connectivity index (χ4n) is 3.80. The summed E-state index contributed by atoms with van der Waals surface area (Å²) in [6, 6.07) is 25.6. The first-order valence-electron chi connectivity index (χ1n) is 11.7. The summed E-state index contributed by atoms with van der Waals surface area (Å²) < 4.78 is 12.9. The molecule has 8 heteroatoms. The number of benzene rings is 3. The molecule has 0 saturated heterocycles. The van der Waals surface area contributed by atoms with E-state index in [9.17, 15) is 9.59 Å². The zero-order valence-corrected chi connectivity index (χ0v) is 20.9. The summed E-state index contributed by atoms with van der Waals surface area (Å²) in [6.07, 6.45) is 1.54. The second-order valence-corrected chi connectivity index (χ2v) is 8.30. The Kier molecular flexibility index (Phi) is 8.00. The molecule has 0 bridgehead atoms. The van der Waals surface area contributed by atoms with Gasteiger partial charge in [-0.2, -0.15) is 5.10 Å². The van der Waals surface area contributed by atoms with Crippen molar-refractivity contribution in [3.05, 3.63) is 107 Å². The number of carbonyl (C=O) groups is 2. The monoisotopic (exact) mass is 496 g/mol. The van der Waals surface area contributed by atoms with Gasteiger partial charge in [0.25, 0.3) is 11.8 Å². The number of aryl methyl sites for hydroxylation is 2. The second kappa shape index (κ2) is 11.7. The number of anilines is 1. The molecule has 188 valence electrons. The Morgan fingerprint density at radius 1 is 0.892 bits per heavy atom. The van der Waals surface area contributed by atoms with Crippen molar-refractivity contribution < 1.29 is 19.1 Å². The third kappa shape index (κ3) is 6.43. The Bertz CT molecular complexity index is 1390. The molecule has 3 aromatic carbocycles. The van der Waals surface area contributed by atoms with E-state index in [1.807, 2.05) is 38.1 Å². The predicted octanol–water partition coefficient (Wildman–Crippen LogP) is 4.88. The van der Waals surface area contributed by atoms with Gasteiger partial charge in [-0.1, -0.05) is 12.1 Å². The first kappa shape index (κ1) is 25.2. The van der Waals surface area contributed by atoms with Gasteiger partial charge in [0.05, 0.1) is 19.0 Å². The third-order valence-electron chi connectivity index (χ3n) is 5.67. The highest BCUT2D eigenvalue weighted by Gasteiger charge is 2.09. The molecule has 0 saturated carbocycles. The number of hydrogen-bond donors (Lipinski definition) is 2. The van der Waals surface area contributed by atoms with E-state index in [4.69, 9.17) is 9.47 Å². The van der Waals surface area contributed by atoms with Gasteiger partial charge in [-0.15, -0.1) is 0 Å². The number of methoxy groups -OCH3 is 1. The van der Waals surface area contributed by atoms with Gasteiger partial charge in [0.15, 0.2) is 6.61 Å². The number of para-hydroxylation sites is 2. The highest BCUT2D eigenvalue weighted by Crippen LogP contribution is 2.23. The van der Waals surface area contributed by atoms with Crippen LogP contribution in [0.1, 0.15) is 27.3 Å². The van der Waals surface area contributed by atoms with Gasteiger partial charge < -0.3 is 19.4 Å². The Balaban J connectivity index is 1.26. The lowest BCUT2D eigenvalue weighted by Crippen LogP contribution is -2.20. The summed E-state index contributed by atoms with van der Waals surface area (Å²) in [5.41, 5.74) is 7.66. The molecule has 0 atom stereocenters. The van der Waals surface area contributed by atoms with Crippen LogP contribution in [-0.2, 0) is 4.79 Å². The Hall–Kier alpha value is -4.85. The molecular weight excluding hydrogens is 468 g/mol. The lowest BCUT2D eigenvalue weighted by molar-refractivity contribution is -0.118.